The number of aliphatic imine (C=N–C) groups is 1. The molecule has 4 N–H and O–H groups in total. The molecule has 3 amide bonds. The van der Waals surface area contributed by atoms with Gasteiger partial charge in [0.05, 0.1) is 6.54 Å². The molecule has 0 aromatic heterocycles. The highest BCUT2D eigenvalue weighted by Gasteiger charge is 2.31. The Hall–Kier alpha value is -5.52. The average molecular weight is 657 g/mol. The number of carbonyl (C=O) groups excluding carboxylic acids is 2. The van der Waals surface area contributed by atoms with Crippen molar-refractivity contribution in [2.75, 3.05) is 4.90 Å². The van der Waals surface area contributed by atoms with Crippen molar-refractivity contribution in [2.45, 2.75) is 57.5 Å². The van der Waals surface area contributed by atoms with Crippen LogP contribution < -0.4 is 20.7 Å². The van der Waals surface area contributed by atoms with Gasteiger partial charge >= 0.3 is 12.4 Å². The number of rotatable bonds is 9. The Morgan fingerprint density at radius 3 is 2.31 bits per heavy atom. The van der Waals surface area contributed by atoms with E-state index in [9.17, 15) is 22.8 Å². The smallest absolute Gasteiger partial charge is 0.406 e. The van der Waals surface area contributed by atoms with Crippen LogP contribution in [0, 0.1) is 5.53 Å². The van der Waals surface area contributed by atoms with E-state index in [1.54, 1.807) is 59.5 Å². The van der Waals surface area contributed by atoms with E-state index in [1.807, 2.05) is 12.1 Å². The molecule has 0 bridgehead atoms. The Balaban J connectivity index is 1.37. The fourth-order valence-corrected chi connectivity index (χ4v) is 5.85. The molecule has 0 unspecified atom stereocenters. The maximum absolute atomic E-state index is 13.9. The van der Waals surface area contributed by atoms with Gasteiger partial charge in [0.25, 0.3) is 5.91 Å². The van der Waals surface area contributed by atoms with Crippen molar-refractivity contribution in [3.05, 3.63) is 119 Å². The number of anilines is 1. The van der Waals surface area contributed by atoms with E-state index in [0.29, 0.717) is 28.3 Å². The van der Waals surface area contributed by atoms with Gasteiger partial charge in [-0.25, -0.2) is 10.3 Å². The summed E-state index contributed by atoms with van der Waals surface area (Å²) in [6.45, 7) is 0.277. The third-order valence-corrected chi connectivity index (χ3v) is 8.22. The number of halogens is 3. The predicted molar refractivity (Wildman–Crippen MR) is 177 cm³/mol. The number of benzene rings is 4. The first kappa shape index (κ1) is 33.8. The summed E-state index contributed by atoms with van der Waals surface area (Å²) in [6, 6.07) is 27.0. The molecule has 248 valence electrons. The van der Waals surface area contributed by atoms with Crippen LogP contribution in [-0.2, 0) is 13.1 Å². The third kappa shape index (κ3) is 9.05. The first-order valence-corrected chi connectivity index (χ1v) is 15.5. The number of nitrogens with two attached hydrogens (primary N) is 1. The summed E-state index contributed by atoms with van der Waals surface area (Å²) in [4.78, 5) is 31.3. The zero-order valence-electron chi connectivity index (χ0n) is 26.0. The average Bonchev–Trinajstić information content (AvgIpc) is 3.09. The standard InChI is InChI=1S/C36H35F3N6O3/c37-36(38,39)48-31-11-6-10-28(21-31)32-12-5-4-9-29(32)22-42-35(47)45(30-19-17-26(18-20-30)25-7-2-1-3-8-25)23-24-13-15-27(16-14-24)33(46)43-34(40)44-41/h4-6,9-21,25,41H,1-3,7-8,22-23H2,(H,42,47)(H2,40,43,46). The Morgan fingerprint density at radius 1 is 0.917 bits per heavy atom. The van der Waals surface area contributed by atoms with Crippen LogP contribution in [0.25, 0.3) is 11.1 Å². The number of guanidine groups is 1. The van der Waals surface area contributed by atoms with Crippen molar-refractivity contribution in [2.24, 2.45) is 15.8 Å². The van der Waals surface area contributed by atoms with E-state index in [0.717, 1.165) is 18.4 Å². The minimum Gasteiger partial charge on any atom is -0.406 e. The van der Waals surface area contributed by atoms with Gasteiger partial charge in [-0.2, -0.15) is 4.99 Å². The summed E-state index contributed by atoms with van der Waals surface area (Å²) in [7, 11) is 0. The molecule has 1 fully saturated rings. The first-order chi connectivity index (χ1) is 23.1. The molecule has 9 nitrogen and oxygen atoms in total. The van der Waals surface area contributed by atoms with E-state index in [1.165, 1.54) is 43.0 Å². The Kier molecular flexibility index (Phi) is 10.8. The molecule has 12 heteroatoms. The van der Waals surface area contributed by atoms with Crippen molar-refractivity contribution in [3.63, 3.8) is 0 Å². The van der Waals surface area contributed by atoms with Gasteiger partial charge in [-0.3, -0.25) is 9.69 Å². The largest absolute Gasteiger partial charge is 0.573 e. The molecule has 4 aromatic rings. The number of urea groups is 1. The van der Waals surface area contributed by atoms with Crippen LogP contribution in [-0.4, -0.2) is 24.3 Å². The number of hydrogen-bond acceptors (Lipinski definition) is 4. The van der Waals surface area contributed by atoms with Crippen LogP contribution in [0.1, 0.15) is 65.1 Å². The topological polar surface area (TPSA) is 133 Å². The monoisotopic (exact) mass is 656 g/mol. The van der Waals surface area contributed by atoms with Gasteiger partial charge in [0, 0.05) is 17.8 Å². The summed E-state index contributed by atoms with van der Waals surface area (Å²) >= 11 is 0. The molecular weight excluding hydrogens is 621 g/mol. The summed E-state index contributed by atoms with van der Waals surface area (Å²) < 4.78 is 42.7. The highest BCUT2D eigenvalue weighted by Crippen LogP contribution is 2.34. The van der Waals surface area contributed by atoms with Crippen LogP contribution in [0.5, 0.6) is 5.75 Å². The van der Waals surface area contributed by atoms with Gasteiger partial charge in [-0.1, -0.05) is 79.9 Å². The molecule has 0 atom stereocenters. The second-order valence-electron chi connectivity index (χ2n) is 11.5. The maximum Gasteiger partial charge on any atom is 0.573 e. The Labute approximate surface area is 276 Å². The van der Waals surface area contributed by atoms with E-state index in [4.69, 9.17) is 11.3 Å². The molecule has 0 saturated heterocycles. The molecule has 1 aliphatic carbocycles. The summed E-state index contributed by atoms with van der Waals surface area (Å²) in [6.07, 6.45) is 1.13. The fourth-order valence-electron chi connectivity index (χ4n) is 5.85. The van der Waals surface area contributed by atoms with Gasteiger partial charge in [0.1, 0.15) is 5.75 Å². The predicted octanol–water partition coefficient (Wildman–Crippen LogP) is 8.70. The molecule has 0 spiro atoms. The lowest BCUT2D eigenvalue weighted by Crippen LogP contribution is -2.39. The second kappa shape index (κ2) is 15.4. The van der Waals surface area contributed by atoms with Crippen LogP contribution in [0.4, 0.5) is 23.7 Å². The number of nitrogens with one attached hydrogen (secondary N) is 2. The number of carbonyl (C=O) groups is 2. The van der Waals surface area contributed by atoms with Crippen LogP contribution in [0.2, 0.25) is 0 Å². The maximum atomic E-state index is 13.9. The molecule has 0 radical (unpaired) electrons. The number of alkyl halides is 3. The highest BCUT2D eigenvalue weighted by atomic mass is 19.4. The number of amides is 3. The lowest BCUT2D eigenvalue weighted by Gasteiger charge is -2.26. The van der Waals surface area contributed by atoms with Crippen molar-refractivity contribution in [3.8, 4) is 16.9 Å². The van der Waals surface area contributed by atoms with Crippen LogP contribution in [0.3, 0.4) is 0 Å². The van der Waals surface area contributed by atoms with E-state index < -0.39 is 18.2 Å². The molecule has 48 heavy (non-hydrogen) atoms. The van der Waals surface area contributed by atoms with Gasteiger partial charge in [-0.15, -0.1) is 18.3 Å². The quantitative estimate of drug-likeness (QED) is 0.0944. The SMILES string of the molecule is N=NC(N)=NC(=O)c1ccc(CN(C(=O)NCc2ccccc2-c2cccc(OC(F)(F)F)c2)c2ccc(C3CCCCC3)cc2)cc1. The lowest BCUT2D eigenvalue weighted by molar-refractivity contribution is -0.274. The molecule has 0 heterocycles. The molecule has 1 saturated carbocycles. The van der Waals surface area contributed by atoms with E-state index in [2.05, 4.69) is 32.3 Å². The van der Waals surface area contributed by atoms with Gasteiger partial charge in [0.2, 0.25) is 5.96 Å². The Morgan fingerprint density at radius 2 is 1.62 bits per heavy atom. The zero-order valence-corrected chi connectivity index (χ0v) is 26.0. The number of hydrogen-bond donors (Lipinski definition) is 3. The fraction of sp³-hybridized carbons (Fsp3) is 0.250. The second-order valence-corrected chi connectivity index (χ2v) is 11.5. The van der Waals surface area contributed by atoms with Crippen LogP contribution in [0.15, 0.2) is 107 Å². The van der Waals surface area contributed by atoms with Crippen LogP contribution >= 0.6 is 0 Å². The molecule has 0 aliphatic heterocycles. The molecular formula is C36H35F3N6O3. The van der Waals surface area contributed by atoms with Crippen molar-refractivity contribution in [1.29, 1.82) is 5.53 Å². The van der Waals surface area contributed by atoms with Crippen molar-refractivity contribution in [1.82, 2.24) is 5.32 Å². The first-order valence-electron chi connectivity index (χ1n) is 15.5. The Bertz CT molecular complexity index is 1770. The number of ether oxygens (including phenoxy) is 1. The van der Waals surface area contributed by atoms with Gasteiger partial charge in [0.15, 0.2) is 0 Å². The highest BCUT2D eigenvalue weighted by molar-refractivity contribution is 6.02. The van der Waals surface area contributed by atoms with Gasteiger partial charge in [-0.05, 0) is 83.0 Å². The zero-order chi connectivity index (χ0) is 34.1. The third-order valence-electron chi connectivity index (χ3n) is 8.22. The summed E-state index contributed by atoms with van der Waals surface area (Å²) in [5.74, 6) is -0.933. The van der Waals surface area contributed by atoms with E-state index >= 15 is 0 Å². The molecule has 4 aromatic carbocycles. The van der Waals surface area contributed by atoms with Gasteiger partial charge < -0.3 is 15.8 Å². The lowest BCUT2D eigenvalue weighted by atomic mass is 9.84. The molecule has 1 aliphatic rings. The minimum absolute atomic E-state index is 0.101. The summed E-state index contributed by atoms with van der Waals surface area (Å²) in [5, 5.41) is 5.92. The van der Waals surface area contributed by atoms with Crippen molar-refractivity contribution >= 4 is 23.6 Å². The molecule has 5 rings (SSSR count). The number of nitrogens with zero attached hydrogens (tertiary/aromatic N) is 3. The minimum atomic E-state index is -4.82. The summed E-state index contributed by atoms with van der Waals surface area (Å²) in [5.41, 5.74) is 17.0. The normalized spacial score (nSPS) is 13.9. The van der Waals surface area contributed by atoms with Crippen molar-refractivity contribution < 1.29 is 27.5 Å². The van der Waals surface area contributed by atoms with E-state index in [-0.39, 0.29) is 30.4 Å².